The first-order chi connectivity index (χ1) is 19.6. The first-order valence-corrected chi connectivity index (χ1v) is 14.0. The number of ether oxygens (including phenoxy) is 1. The number of aryl methyl sites for hydroxylation is 1. The van der Waals surface area contributed by atoms with Crippen molar-refractivity contribution in [2.24, 2.45) is 0 Å². The highest BCUT2D eigenvalue weighted by molar-refractivity contribution is 5.89. The number of esters is 1. The van der Waals surface area contributed by atoms with Crippen LogP contribution in [0.4, 0.5) is 4.39 Å². The summed E-state index contributed by atoms with van der Waals surface area (Å²) in [5, 5.41) is 24.1. The van der Waals surface area contributed by atoms with E-state index in [1.807, 2.05) is 0 Å². The van der Waals surface area contributed by atoms with Crippen molar-refractivity contribution in [3.05, 3.63) is 62.2 Å². The van der Waals surface area contributed by atoms with Crippen molar-refractivity contribution in [2.75, 3.05) is 19.7 Å². The van der Waals surface area contributed by atoms with Crippen LogP contribution in [0.25, 0.3) is 22.3 Å². The van der Waals surface area contributed by atoms with E-state index in [0.717, 1.165) is 29.4 Å². The first-order valence-electron chi connectivity index (χ1n) is 14.0. The van der Waals surface area contributed by atoms with E-state index < -0.39 is 18.2 Å². The second-order valence-electron chi connectivity index (χ2n) is 11.3. The number of amides is 1. The SMILES string of the molecule is CC[C@@]1(O)CC(=O)OCc2c1cc1n(c2=O)Cc2c-1nc1cc(F)c(C)cc1c2CN1CCC(NC(=O)CO)CC1. The number of hydrogen-bond acceptors (Lipinski definition) is 8. The zero-order valence-electron chi connectivity index (χ0n) is 23.1. The number of hydrogen-bond donors (Lipinski definition) is 3. The number of carbonyl (C=O) groups is 2. The highest BCUT2D eigenvalue weighted by Gasteiger charge is 2.40. The molecule has 1 fully saturated rings. The van der Waals surface area contributed by atoms with E-state index in [2.05, 4.69) is 10.2 Å². The summed E-state index contributed by atoms with van der Waals surface area (Å²) in [4.78, 5) is 44.8. The van der Waals surface area contributed by atoms with Gasteiger partial charge in [-0.3, -0.25) is 19.3 Å². The van der Waals surface area contributed by atoms with Crippen molar-refractivity contribution in [3.8, 4) is 11.4 Å². The van der Waals surface area contributed by atoms with Crippen LogP contribution in [0.3, 0.4) is 0 Å². The number of nitrogens with one attached hydrogen (secondary N) is 1. The van der Waals surface area contributed by atoms with Crippen molar-refractivity contribution in [1.82, 2.24) is 19.8 Å². The van der Waals surface area contributed by atoms with E-state index in [4.69, 9.17) is 14.8 Å². The van der Waals surface area contributed by atoms with Crippen LogP contribution in [0.2, 0.25) is 0 Å². The molecule has 0 unspecified atom stereocenters. The number of nitrogens with zero attached hydrogens (tertiary/aromatic N) is 3. The van der Waals surface area contributed by atoms with Crippen LogP contribution in [-0.4, -0.2) is 62.3 Å². The maximum atomic E-state index is 14.7. The smallest absolute Gasteiger partial charge is 0.309 e. The van der Waals surface area contributed by atoms with Gasteiger partial charge in [0, 0.05) is 42.7 Å². The fraction of sp³-hybridized carbons (Fsp3) is 0.467. The van der Waals surface area contributed by atoms with E-state index in [0.29, 0.717) is 47.7 Å². The molecule has 1 saturated heterocycles. The summed E-state index contributed by atoms with van der Waals surface area (Å²) >= 11 is 0. The predicted molar refractivity (Wildman–Crippen MR) is 147 cm³/mol. The quantitative estimate of drug-likeness (QED) is 0.314. The Balaban J connectivity index is 1.45. The van der Waals surface area contributed by atoms with Crippen molar-refractivity contribution < 1.29 is 28.9 Å². The Morgan fingerprint density at radius 3 is 2.68 bits per heavy atom. The van der Waals surface area contributed by atoms with Gasteiger partial charge < -0.3 is 24.8 Å². The number of halogens is 1. The maximum absolute atomic E-state index is 14.7. The number of cyclic esters (lactones) is 1. The van der Waals surface area contributed by atoms with Crippen LogP contribution in [0, 0.1) is 12.7 Å². The van der Waals surface area contributed by atoms with Crippen molar-refractivity contribution >= 4 is 22.8 Å². The predicted octanol–water partition coefficient (Wildman–Crippen LogP) is 1.99. The standard InChI is InChI=1S/C30H33FN4O6/c1-3-30(40)11-27(38)41-15-21-22(30)9-25-28-20(13-35(25)29(21)39)19(18-8-16(2)23(31)10-24(18)33-28)12-34-6-4-17(5-7-34)32-26(37)14-36/h8-10,17,36,40H,3-7,11-15H2,1-2H3,(H,32,37)/t30-/m1/s1. The average molecular weight is 565 g/mol. The molecule has 6 rings (SSSR count). The summed E-state index contributed by atoms with van der Waals surface area (Å²) in [6.07, 6.45) is 1.43. The fourth-order valence-electron chi connectivity index (χ4n) is 6.40. The number of aliphatic hydroxyl groups excluding tert-OH is 1. The van der Waals surface area contributed by atoms with Crippen LogP contribution < -0.4 is 10.9 Å². The zero-order valence-corrected chi connectivity index (χ0v) is 23.1. The minimum absolute atomic E-state index is 0.00760. The monoisotopic (exact) mass is 564 g/mol. The molecule has 1 atom stereocenters. The molecule has 3 aliphatic heterocycles. The Labute approximate surface area is 235 Å². The molecule has 0 radical (unpaired) electrons. The van der Waals surface area contributed by atoms with Crippen LogP contribution >= 0.6 is 0 Å². The molecule has 3 aromatic rings. The molecule has 2 aromatic heterocycles. The van der Waals surface area contributed by atoms with Crippen LogP contribution in [0.15, 0.2) is 23.0 Å². The van der Waals surface area contributed by atoms with Crippen molar-refractivity contribution in [1.29, 1.82) is 0 Å². The molecule has 1 aromatic carbocycles. The summed E-state index contributed by atoms with van der Waals surface area (Å²) in [5.41, 5.74) is 2.66. The van der Waals surface area contributed by atoms with E-state index in [1.54, 1.807) is 30.5 Å². The van der Waals surface area contributed by atoms with Gasteiger partial charge in [0.25, 0.3) is 5.56 Å². The van der Waals surface area contributed by atoms with Gasteiger partial charge in [-0.2, -0.15) is 0 Å². The number of aromatic nitrogens is 2. The lowest BCUT2D eigenvalue weighted by Gasteiger charge is -2.33. The second kappa shape index (κ2) is 10.3. The second-order valence-corrected chi connectivity index (χ2v) is 11.3. The number of likely N-dealkylation sites (tertiary alicyclic amines) is 1. The molecule has 0 aliphatic carbocycles. The molecule has 10 nitrogen and oxygen atoms in total. The third-order valence-electron chi connectivity index (χ3n) is 8.82. The topological polar surface area (TPSA) is 134 Å². The van der Waals surface area contributed by atoms with E-state index in [1.165, 1.54) is 6.07 Å². The van der Waals surface area contributed by atoms with Gasteiger partial charge in [-0.1, -0.05) is 6.92 Å². The molecule has 0 spiro atoms. The lowest BCUT2D eigenvalue weighted by molar-refractivity contribution is -0.149. The maximum Gasteiger partial charge on any atom is 0.309 e. The molecule has 216 valence electrons. The van der Waals surface area contributed by atoms with Gasteiger partial charge in [-0.05, 0) is 55.0 Å². The van der Waals surface area contributed by atoms with E-state index >= 15 is 0 Å². The highest BCUT2D eigenvalue weighted by Crippen LogP contribution is 2.41. The largest absolute Gasteiger partial charge is 0.460 e. The van der Waals surface area contributed by atoms with Gasteiger partial charge in [0.2, 0.25) is 5.91 Å². The van der Waals surface area contributed by atoms with E-state index in [9.17, 15) is 23.9 Å². The average Bonchev–Trinajstić information content (AvgIpc) is 3.26. The molecule has 0 bridgehead atoms. The number of pyridine rings is 2. The molecule has 3 aliphatic rings. The van der Waals surface area contributed by atoms with Crippen LogP contribution in [-0.2, 0) is 39.6 Å². The minimum Gasteiger partial charge on any atom is -0.460 e. The Bertz CT molecular complexity index is 1640. The number of rotatable bonds is 5. The zero-order chi connectivity index (χ0) is 29.1. The van der Waals surface area contributed by atoms with Gasteiger partial charge in [0.1, 0.15) is 24.6 Å². The van der Waals surface area contributed by atoms with Gasteiger partial charge >= 0.3 is 5.97 Å². The molecule has 1 amide bonds. The summed E-state index contributed by atoms with van der Waals surface area (Å²) in [6.45, 7) is 4.96. The summed E-state index contributed by atoms with van der Waals surface area (Å²) < 4.78 is 21.6. The lowest BCUT2D eigenvalue weighted by Crippen LogP contribution is -2.45. The van der Waals surface area contributed by atoms with Gasteiger partial charge in [0.05, 0.1) is 35.4 Å². The van der Waals surface area contributed by atoms with Crippen LogP contribution in [0.1, 0.15) is 60.4 Å². The molecular formula is C30H33FN4O6. The van der Waals surface area contributed by atoms with E-state index in [-0.39, 0.29) is 54.9 Å². The Hall–Kier alpha value is -3.67. The fourth-order valence-corrected chi connectivity index (χ4v) is 6.40. The van der Waals surface area contributed by atoms with Gasteiger partial charge in [0.15, 0.2) is 0 Å². The molecular weight excluding hydrogens is 531 g/mol. The Morgan fingerprint density at radius 1 is 1.22 bits per heavy atom. The molecule has 3 N–H and O–H groups in total. The summed E-state index contributed by atoms with van der Waals surface area (Å²) in [6, 6.07) is 4.96. The van der Waals surface area contributed by atoms with Crippen LogP contribution in [0.5, 0.6) is 0 Å². The van der Waals surface area contributed by atoms with Crippen molar-refractivity contribution in [3.63, 3.8) is 0 Å². The Morgan fingerprint density at radius 2 is 1.98 bits per heavy atom. The van der Waals surface area contributed by atoms with Crippen molar-refractivity contribution in [2.45, 2.75) is 70.9 Å². The lowest BCUT2D eigenvalue weighted by atomic mass is 9.85. The third-order valence-corrected chi connectivity index (χ3v) is 8.82. The molecule has 41 heavy (non-hydrogen) atoms. The van der Waals surface area contributed by atoms with Gasteiger partial charge in [-0.15, -0.1) is 0 Å². The molecule has 11 heteroatoms. The highest BCUT2D eigenvalue weighted by atomic mass is 19.1. The number of benzene rings is 1. The number of aliphatic hydroxyl groups is 2. The summed E-state index contributed by atoms with van der Waals surface area (Å²) in [5.74, 6) is -1.32. The molecule has 0 saturated carbocycles. The third kappa shape index (κ3) is 4.71. The first kappa shape index (κ1) is 27.5. The molecule has 5 heterocycles. The number of fused-ring (bicyclic) bond motifs is 5. The minimum atomic E-state index is -1.54. The summed E-state index contributed by atoms with van der Waals surface area (Å²) in [7, 11) is 0. The Kier molecular flexibility index (Phi) is 6.91. The van der Waals surface area contributed by atoms with Gasteiger partial charge in [-0.25, -0.2) is 9.37 Å². The number of piperidine rings is 1. The number of carbonyl (C=O) groups excluding carboxylic acids is 2. The normalized spacial score (nSPS) is 20.8.